The van der Waals surface area contributed by atoms with E-state index in [-0.39, 0.29) is 5.56 Å². The molecule has 0 bridgehead atoms. The van der Waals surface area contributed by atoms with Gasteiger partial charge < -0.3 is 14.2 Å². The number of methoxy groups -OCH3 is 3. The SMILES string of the molecule is COc1cc(/C=C/c2ccc(=O)[nH]n2)c(OC)c(OC)c1S(C)=O. The molecule has 0 radical (unpaired) electrons. The van der Waals surface area contributed by atoms with Crippen molar-refractivity contribution in [1.82, 2.24) is 10.2 Å². The minimum Gasteiger partial charge on any atom is -0.495 e. The van der Waals surface area contributed by atoms with Crippen LogP contribution < -0.4 is 19.8 Å². The first-order valence-electron chi connectivity index (χ1n) is 6.92. The second kappa shape index (κ2) is 7.78. The van der Waals surface area contributed by atoms with Crippen molar-refractivity contribution in [2.45, 2.75) is 4.90 Å². The van der Waals surface area contributed by atoms with Gasteiger partial charge >= 0.3 is 0 Å². The Balaban J connectivity index is 2.58. The van der Waals surface area contributed by atoms with E-state index in [1.54, 1.807) is 30.5 Å². The quantitative estimate of drug-likeness (QED) is 0.853. The lowest BCUT2D eigenvalue weighted by atomic mass is 10.1. The maximum Gasteiger partial charge on any atom is 0.264 e. The fraction of sp³-hybridized carbons (Fsp3) is 0.250. The number of aromatic amines is 1. The zero-order valence-electron chi connectivity index (χ0n) is 13.8. The molecule has 1 aromatic heterocycles. The van der Waals surface area contributed by atoms with Crippen molar-refractivity contribution < 1.29 is 18.4 Å². The number of aromatic nitrogens is 2. The van der Waals surface area contributed by atoms with Gasteiger partial charge in [-0.2, -0.15) is 5.10 Å². The molecule has 1 heterocycles. The lowest BCUT2D eigenvalue weighted by Crippen LogP contribution is -2.05. The maximum atomic E-state index is 12.0. The molecule has 1 atom stereocenters. The van der Waals surface area contributed by atoms with Gasteiger partial charge in [-0.15, -0.1) is 0 Å². The van der Waals surface area contributed by atoms with E-state index in [0.717, 1.165) is 0 Å². The number of ether oxygens (including phenoxy) is 3. The first-order valence-corrected chi connectivity index (χ1v) is 8.47. The summed E-state index contributed by atoms with van der Waals surface area (Å²) in [6, 6.07) is 4.68. The number of benzene rings is 1. The summed E-state index contributed by atoms with van der Waals surface area (Å²) >= 11 is 0. The molecule has 0 aliphatic carbocycles. The van der Waals surface area contributed by atoms with Gasteiger partial charge in [0.2, 0.25) is 0 Å². The van der Waals surface area contributed by atoms with Crippen LogP contribution in [-0.2, 0) is 10.8 Å². The molecule has 0 amide bonds. The molecule has 8 heteroatoms. The van der Waals surface area contributed by atoms with E-state index in [9.17, 15) is 9.00 Å². The van der Waals surface area contributed by atoms with Gasteiger partial charge in [-0.25, -0.2) is 5.10 Å². The lowest BCUT2D eigenvalue weighted by Gasteiger charge is -2.17. The van der Waals surface area contributed by atoms with Crippen LogP contribution in [0.4, 0.5) is 0 Å². The van der Waals surface area contributed by atoms with Crippen LogP contribution in [0.5, 0.6) is 17.2 Å². The maximum absolute atomic E-state index is 12.0. The van der Waals surface area contributed by atoms with Crippen molar-refractivity contribution in [3.05, 3.63) is 39.8 Å². The number of nitrogens with one attached hydrogen (secondary N) is 1. The Labute approximate surface area is 141 Å². The molecule has 7 nitrogen and oxygen atoms in total. The predicted molar refractivity (Wildman–Crippen MR) is 92.2 cm³/mol. The van der Waals surface area contributed by atoms with Gasteiger partial charge in [0.15, 0.2) is 11.5 Å². The minimum atomic E-state index is -1.32. The Kier molecular flexibility index (Phi) is 5.75. The highest BCUT2D eigenvalue weighted by Gasteiger charge is 2.22. The molecule has 2 rings (SSSR count). The highest BCUT2D eigenvalue weighted by molar-refractivity contribution is 7.84. The Morgan fingerprint density at radius 1 is 1.08 bits per heavy atom. The standard InChI is InChI=1S/C16H18N2O5S/c1-21-12-9-10(5-6-11-7-8-13(19)18-17-11)14(22-2)15(23-3)16(12)24(4)20/h5-9H,1-4H3,(H,18,19)/b6-5+. The minimum absolute atomic E-state index is 0.275. The van der Waals surface area contributed by atoms with E-state index in [4.69, 9.17) is 14.2 Å². The first kappa shape index (κ1) is 17.7. The van der Waals surface area contributed by atoms with E-state index in [1.807, 2.05) is 0 Å². The number of H-pyrrole nitrogens is 1. The average Bonchev–Trinajstić information content (AvgIpc) is 2.59. The number of hydrogen-bond donors (Lipinski definition) is 1. The van der Waals surface area contributed by atoms with E-state index in [2.05, 4.69) is 10.2 Å². The number of hydrogen-bond acceptors (Lipinski definition) is 6. The van der Waals surface area contributed by atoms with Crippen molar-refractivity contribution in [1.29, 1.82) is 0 Å². The molecular formula is C16H18N2O5S. The van der Waals surface area contributed by atoms with E-state index >= 15 is 0 Å². The third-order valence-corrected chi connectivity index (χ3v) is 4.20. The highest BCUT2D eigenvalue weighted by Crippen LogP contribution is 2.43. The molecular weight excluding hydrogens is 332 g/mol. The van der Waals surface area contributed by atoms with E-state index in [0.29, 0.717) is 33.4 Å². The molecule has 0 saturated carbocycles. The molecule has 128 valence electrons. The summed E-state index contributed by atoms with van der Waals surface area (Å²) < 4.78 is 28.2. The topological polar surface area (TPSA) is 90.5 Å². The summed E-state index contributed by atoms with van der Waals surface area (Å²) in [7, 11) is 3.15. The normalized spacial score (nSPS) is 12.2. The fourth-order valence-electron chi connectivity index (χ4n) is 2.19. The summed E-state index contributed by atoms with van der Waals surface area (Å²) in [4.78, 5) is 11.5. The molecule has 1 aromatic carbocycles. The fourth-order valence-corrected chi connectivity index (χ4v) is 3.05. The molecule has 0 aliphatic heterocycles. The second-order valence-corrected chi connectivity index (χ2v) is 6.01. The Morgan fingerprint density at radius 3 is 2.29 bits per heavy atom. The summed E-state index contributed by atoms with van der Waals surface area (Å²) in [5.41, 5.74) is 0.953. The predicted octanol–water partition coefficient (Wildman–Crippen LogP) is 1.70. The second-order valence-electron chi connectivity index (χ2n) is 4.70. The number of nitrogens with zero attached hydrogens (tertiary/aromatic N) is 1. The molecule has 2 aromatic rings. The van der Waals surface area contributed by atoms with Crippen LogP contribution in [0.1, 0.15) is 11.3 Å². The summed E-state index contributed by atoms with van der Waals surface area (Å²) in [5, 5.41) is 6.26. The number of rotatable bonds is 6. The first-order chi connectivity index (χ1) is 11.5. The smallest absolute Gasteiger partial charge is 0.264 e. The summed E-state index contributed by atoms with van der Waals surface area (Å²) in [6.45, 7) is 0. The van der Waals surface area contributed by atoms with Crippen molar-refractivity contribution in [2.75, 3.05) is 27.6 Å². The Bertz CT molecular complexity index is 825. The van der Waals surface area contributed by atoms with Gasteiger partial charge in [-0.1, -0.05) is 0 Å². The van der Waals surface area contributed by atoms with Crippen molar-refractivity contribution in [3.63, 3.8) is 0 Å². The van der Waals surface area contributed by atoms with Crippen molar-refractivity contribution >= 4 is 23.0 Å². The van der Waals surface area contributed by atoms with Crippen LogP contribution in [0, 0.1) is 0 Å². The monoisotopic (exact) mass is 350 g/mol. The zero-order valence-corrected chi connectivity index (χ0v) is 14.6. The van der Waals surface area contributed by atoms with E-state index < -0.39 is 10.8 Å². The van der Waals surface area contributed by atoms with Crippen LogP contribution in [-0.4, -0.2) is 42.0 Å². The molecule has 0 fully saturated rings. The Morgan fingerprint density at radius 2 is 1.79 bits per heavy atom. The van der Waals surface area contributed by atoms with Gasteiger partial charge in [-0.05, 0) is 24.3 Å². The van der Waals surface area contributed by atoms with Crippen molar-refractivity contribution in [2.24, 2.45) is 0 Å². The van der Waals surface area contributed by atoms with Gasteiger partial charge in [0.25, 0.3) is 5.56 Å². The van der Waals surface area contributed by atoms with Crippen LogP contribution in [0.15, 0.2) is 27.9 Å². The molecule has 1 unspecified atom stereocenters. The molecule has 1 N–H and O–H groups in total. The zero-order chi connectivity index (χ0) is 17.7. The third-order valence-electron chi connectivity index (χ3n) is 3.23. The van der Waals surface area contributed by atoms with Crippen LogP contribution in [0.3, 0.4) is 0 Å². The van der Waals surface area contributed by atoms with Gasteiger partial charge in [0.05, 0.1) is 37.8 Å². The molecule has 24 heavy (non-hydrogen) atoms. The third kappa shape index (κ3) is 3.65. The molecule has 0 spiro atoms. The van der Waals surface area contributed by atoms with Crippen LogP contribution >= 0.6 is 0 Å². The largest absolute Gasteiger partial charge is 0.495 e. The van der Waals surface area contributed by atoms with Crippen molar-refractivity contribution in [3.8, 4) is 17.2 Å². The summed E-state index contributed by atoms with van der Waals surface area (Å²) in [6.07, 6.45) is 4.99. The van der Waals surface area contributed by atoms with Crippen LogP contribution in [0.25, 0.3) is 12.2 Å². The average molecular weight is 350 g/mol. The highest BCUT2D eigenvalue weighted by atomic mass is 32.2. The molecule has 0 aliphatic rings. The van der Waals surface area contributed by atoms with Gasteiger partial charge in [0, 0.05) is 17.9 Å². The van der Waals surface area contributed by atoms with Crippen LogP contribution in [0.2, 0.25) is 0 Å². The van der Waals surface area contributed by atoms with Gasteiger partial charge in [0.1, 0.15) is 10.6 Å². The molecule has 0 saturated heterocycles. The Hall–Kier alpha value is -2.61. The summed E-state index contributed by atoms with van der Waals surface area (Å²) in [5.74, 6) is 1.22. The van der Waals surface area contributed by atoms with Gasteiger partial charge in [-0.3, -0.25) is 9.00 Å². The lowest BCUT2D eigenvalue weighted by molar-refractivity contribution is 0.336. The van der Waals surface area contributed by atoms with E-state index in [1.165, 1.54) is 27.4 Å².